The van der Waals surface area contributed by atoms with Crippen LogP contribution in [0.5, 0.6) is 0 Å². The predicted octanol–water partition coefficient (Wildman–Crippen LogP) is 3.73. The predicted molar refractivity (Wildman–Crippen MR) is 69.9 cm³/mol. The van der Waals surface area contributed by atoms with Crippen LogP contribution in [0.2, 0.25) is 0 Å². The molecule has 0 aromatic heterocycles. The fourth-order valence-electron chi connectivity index (χ4n) is 1.25. The lowest BCUT2D eigenvalue weighted by Crippen LogP contribution is -2.20. The summed E-state index contributed by atoms with van der Waals surface area (Å²) < 4.78 is 0. The van der Waals surface area contributed by atoms with Crippen molar-refractivity contribution >= 4 is 12.4 Å². The van der Waals surface area contributed by atoms with Crippen molar-refractivity contribution in [1.82, 2.24) is 0 Å². The molecule has 0 aliphatic heterocycles. The van der Waals surface area contributed by atoms with E-state index in [0.717, 1.165) is 11.4 Å². The molecule has 2 heteroatoms. The lowest BCUT2D eigenvalue weighted by Gasteiger charge is -2.23. The van der Waals surface area contributed by atoms with Crippen molar-refractivity contribution in [3.05, 3.63) is 11.8 Å². The SMILES string of the molecule is C=N/C(=C\C(=NC)C(C)(C)C)C(C)(C)C. The highest BCUT2D eigenvalue weighted by Gasteiger charge is 2.21. The van der Waals surface area contributed by atoms with Crippen LogP contribution in [-0.4, -0.2) is 19.5 Å². The van der Waals surface area contributed by atoms with E-state index in [1.807, 2.05) is 13.1 Å². The van der Waals surface area contributed by atoms with Crippen LogP contribution in [0, 0.1) is 10.8 Å². The molecule has 86 valence electrons. The Bertz CT molecular complexity index is 283. The van der Waals surface area contributed by atoms with Gasteiger partial charge < -0.3 is 0 Å². The molecule has 0 aliphatic rings. The Kier molecular flexibility index (Phi) is 4.44. The maximum atomic E-state index is 4.31. The zero-order valence-corrected chi connectivity index (χ0v) is 11.2. The fraction of sp³-hybridized carbons (Fsp3) is 0.692. The van der Waals surface area contributed by atoms with E-state index in [0.29, 0.717) is 0 Å². The second-order valence-electron chi connectivity index (χ2n) is 5.80. The van der Waals surface area contributed by atoms with E-state index in [1.165, 1.54) is 0 Å². The molecule has 0 spiro atoms. The molecule has 0 amide bonds. The molecule has 0 saturated carbocycles. The van der Waals surface area contributed by atoms with Gasteiger partial charge in [-0.3, -0.25) is 9.98 Å². The second-order valence-corrected chi connectivity index (χ2v) is 5.80. The molecule has 0 radical (unpaired) electrons. The zero-order chi connectivity index (χ0) is 12.3. The maximum Gasteiger partial charge on any atom is 0.0467 e. The van der Waals surface area contributed by atoms with Crippen LogP contribution in [0.25, 0.3) is 0 Å². The minimum absolute atomic E-state index is 0.0168. The summed E-state index contributed by atoms with van der Waals surface area (Å²) in [5.41, 5.74) is 2.11. The maximum absolute atomic E-state index is 4.31. The molecule has 0 heterocycles. The number of nitrogens with zero attached hydrogens (tertiary/aromatic N) is 2. The quantitative estimate of drug-likeness (QED) is 0.618. The second kappa shape index (κ2) is 4.73. The average Bonchev–Trinajstić information content (AvgIpc) is 2.01. The largest absolute Gasteiger partial charge is 0.292 e. The lowest BCUT2D eigenvalue weighted by molar-refractivity contribution is 0.498. The Labute approximate surface area is 94.2 Å². The third-order valence-corrected chi connectivity index (χ3v) is 2.22. The van der Waals surface area contributed by atoms with Crippen molar-refractivity contribution in [2.45, 2.75) is 41.5 Å². The number of hydrogen-bond donors (Lipinski definition) is 0. The first-order valence-electron chi connectivity index (χ1n) is 5.29. The molecule has 0 bridgehead atoms. The van der Waals surface area contributed by atoms with Gasteiger partial charge in [-0.25, -0.2) is 0 Å². The Morgan fingerprint density at radius 1 is 1.00 bits per heavy atom. The normalized spacial score (nSPS) is 15.4. The summed E-state index contributed by atoms with van der Waals surface area (Å²) >= 11 is 0. The first kappa shape index (κ1) is 14.1. The van der Waals surface area contributed by atoms with Crippen LogP contribution in [-0.2, 0) is 0 Å². The number of rotatable bonds is 2. The molecule has 0 rings (SSSR count). The van der Waals surface area contributed by atoms with Crippen molar-refractivity contribution in [2.75, 3.05) is 7.05 Å². The molecule has 15 heavy (non-hydrogen) atoms. The number of hydrogen-bond acceptors (Lipinski definition) is 2. The standard InChI is InChI=1S/C13H24N2/c1-12(2,3)10(14-7)9-11(15-8)13(4,5)6/h9H,7H2,1-6,8H3/b10-9-,15-11?. The van der Waals surface area contributed by atoms with Crippen molar-refractivity contribution in [3.63, 3.8) is 0 Å². The van der Waals surface area contributed by atoms with Crippen LogP contribution >= 0.6 is 0 Å². The van der Waals surface area contributed by atoms with Gasteiger partial charge in [-0.05, 0) is 12.8 Å². The summed E-state index contributed by atoms with van der Waals surface area (Å²) in [5, 5.41) is 0. The fourth-order valence-corrected chi connectivity index (χ4v) is 1.25. The molecular formula is C13H24N2. The first-order valence-corrected chi connectivity index (χ1v) is 5.29. The van der Waals surface area contributed by atoms with Gasteiger partial charge in [0, 0.05) is 29.3 Å². The van der Waals surface area contributed by atoms with Crippen molar-refractivity contribution in [2.24, 2.45) is 20.8 Å². The van der Waals surface area contributed by atoms with Gasteiger partial charge in [0.25, 0.3) is 0 Å². The van der Waals surface area contributed by atoms with E-state index in [2.05, 4.69) is 58.2 Å². The molecule has 0 unspecified atom stereocenters. The summed E-state index contributed by atoms with van der Waals surface area (Å²) in [4.78, 5) is 8.40. The van der Waals surface area contributed by atoms with Gasteiger partial charge in [-0.1, -0.05) is 41.5 Å². The third-order valence-electron chi connectivity index (χ3n) is 2.22. The summed E-state index contributed by atoms with van der Waals surface area (Å²) in [6, 6.07) is 0. The number of allylic oxidation sites excluding steroid dienone is 2. The number of aliphatic imine (C=N–C) groups is 2. The summed E-state index contributed by atoms with van der Waals surface area (Å²) in [6.45, 7) is 16.5. The molecule has 0 atom stereocenters. The average molecular weight is 208 g/mol. The highest BCUT2D eigenvalue weighted by molar-refractivity contribution is 5.99. The van der Waals surface area contributed by atoms with Crippen LogP contribution in [0.4, 0.5) is 0 Å². The minimum Gasteiger partial charge on any atom is -0.292 e. The van der Waals surface area contributed by atoms with Gasteiger partial charge in [-0.2, -0.15) is 0 Å². The third kappa shape index (κ3) is 4.41. The molecule has 0 saturated heterocycles. The highest BCUT2D eigenvalue weighted by Crippen LogP contribution is 2.28. The highest BCUT2D eigenvalue weighted by atomic mass is 14.8. The smallest absolute Gasteiger partial charge is 0.0467 e. The summed E-state index contributed by atoms with van der Waals surface area (Å²) in [5.74, 6) is 0. The monoisotopic (exact) mass is 208 g/mol. The molecule has 2 nitrogen and oxygen atoms in total. The topological polar surface area (TPSA) is 24.7 Å². The van der Waals surface area contributed by atoms with Crippen molar-refractivity contribution < 1.29 is 0 Å². The van der Waals surface area contributed by atoms with Gasteiger partial charge in [0.05, 0.1) is 0 Å². The van der Waals surface area contributed by atoms with Gasteiger partial charge in [0.1, 0.15) is 0 Å². The Morgan fingerprint density at radius 2 is 1.47 bits per heavy atom. The van der Waals surface area contributed by atoms with E-state index < -0.39 is 0 Å². The van der Waals surface area contributed by atoms with Crippen LogP contribution in [0.3, 0.4) is 0 Å². The van der Waals surface area contributed by atoms with Gasteiger partial charge in [-0.15, -0.1) is 0 Å². The molecular weight excluding hydrogens is 184 g/mol. The van der Waals surface area contributed by atoms with E-state index in [1.54, 1.807) is 0 Å². The molecule has 0 N–H and O–H groups in total. The Morgan fingerprint density at radius 3 is 1.67 bits per heavy atom. The Balaban J connectivity index is 5.26. The summed E-state index contributed by atoms with van der Waals surface area (Å²) in [6.07, 6.45) is 2.05. The van der Waals surface area contributed by atoms with Crippen molar-refractivity contribution in [1.29, 1.82) is 0 Å². The molecule has 0 aromatic carbocycles. The van der Waals surface area contributed by atoms with E-state index >= 15 is 0 Å². The Hall–Kier alpha value is -0.920. The van der Waals surface area contributed by atoms with Crippen LogP contribution in [0.1, 0.15) is 41.5 Å². The van der Waals surface area contributed by atoms with E-state index in [4.69, 9.17) is 0 Å². The lowest BCUT2D eigenvalue weighted by atomic mass is 9.85. The van der Waals surface area contributed by atoms with Crippen LogP contribution in [0.15, 0.2) is 21.8 Å². The van der Waals surface area contributed by atoms with Crippen LogP contribution < -0.4 is 0 Å². The van der Waals surface area contributed by atoms with Crippen molar-refractivity contribution in [3.8, 4) is 0 Å². The van der Waals surface area contributed by atoms with Gasteiger partial charge in [0.2, 0.25) is 0 Å². The summed E-state index contributed by atoms with van der Waals surface area (Å²) in [7, 11) is 1.82. The van der Waals surface area contributed by atoms with E-state index in [9.17, 15) is 0 Å². The minimum atomic E-state index is 0.0168. The zero-order valence-electron chi connectivity index (χ0n) is 11.2. The first-order chi connectivity index (χ1) is 6.62. The van der Waals surface area contributed by atoms with Gasteiger partial charge in [0.15, 0.2) is 0 Å². The molecule has 0 fully saturated rings. The van der Waals surface area contributed by atoms with E-state index in [-0.39, 0.29) is 10.8 Å². The van der Waals surface area contributed by atoms with Gasteiger partial charge >= 0.3 is 0 Å². The molecule has 0 aromatic rings. The molecule has 0 aliphatic carbocycles.